The number of nitrogens with zero attached hydrogens (tertiary/aromatic N) is 2. The first kappa shape index (κ1) is 38.9. The number of hydrogen-bond donors (Lipinski definition) is 0. The second kappa shape index (κ2) is 18.0. The summed E-state index contributed by atoms with van der Waals surface area (Å²) in [5, 5.41) is 2.58. The van der Waals surface area contributed by atoms with Crippen molar-refractivity contribution in [2.24, 2.45) is 11.8 Å². The van der Waals surface area contributed by atoms with E-state index in [1.165, 1.54) is 78.3 Å². The van der Waals surface area contributed by atoms with Crippen LogP contribution in [-0.2, 0) is 38.5 Å². The van der Waals surface area contributed by atoms with Crippen LogP contribution in [0.5, 0.6) is 0 Å². The molecule has 0 heterocycles. The SMILES string of the molecule is CCc1ccc(N(c2ccc(CC)cc2)c2cc(CCC(C)C)cc3c(N(c4ccc(CC)cc4)c4ccc(CC)cc4)cc(CCC(C)C)cc23)cc1. The Bertz CT molecular complexity index is 1840. The third-order valence-corrected chi connectivity index (χ3v) is 11.1. The molecular weight excluding hydrogens is 653 g/mol. The lowest BCUT2D eigenvalue weighted by Gasteiger charge is -2.31. The van der Waals surface area contributed by atoms with Crippen LogP contribution in [0.4, 0.5) is 34.1 Å². The summed E-state index contributed by atoms with van der Waals surface area (Å²) in [6.45, 7) is 18.3. The lowest BCUT2D eigenvalue weighted by atomic mass is 9.93. The Kier molecular flexibility index (Phi) is 13.0. The summed E-state index contributed by atoms with van der Waals surface area (Å²) in [5.74, 6) is 1.24. The molecule has 0 aliphatic carbocycles. The Labute approximate surface area is 326 Å². The van der Waals surface area contributed by atoms with Crippen molar-refractivity contribution in [1.29, 1.82) is 0 Å². The van der Waals surface area contributed by atoms with Gasteiger partial charge in [-0.3, -0.25) is 0 Å². The molecule has 6 rings (SSSR count). The molecule has 0 saturated heterocycles. The van der Waals surface area contributed by atoms with Gasteiger partial charge in [-0.1, -0.05) is 104 Å². The first-order valence-corrected chi connectivity index (χ1v) is 20.8. The molecule has 0 atom stereocenters. The first-order chi connectivity index (χ1) is 26.2. The average molecular weight is 715 g/mol. The molecule has 0 amide bonds. The third kappa shape index (κ3) is 9.09. The number of hydrogen-bond acceptors (Lipinski definition) is 2. The zero-order valence-electron chi connectivity index (χ0n) is 34.3. The van der Waals surface area contributed by atoms with Gasteiger partial charge in [0.15, 0.2) is 0 Å². The fourth-order valence-electron chi connectivity index (χ4n) is 7.49. The van der Waals surface area contributed by atoms with Crippen molar-refractivity contribution in [1.82, 2.24) is 0 Å². The predicted molar refractivity (Wildman–Crippen MR) is 237 cm³/mol. The fourth-order valence-corrected chi connectivity index (χ4v) is 7.49. The molecule has 6 aromatic carbocycles. The van der Waals surface area contributed by atoms with Crippen LogP contribution in [-0.4, -0.2) is 0 Å². The Morgan fingerprint density at radius 1 is 0.352 bits per heavy atom. The highest BCUT2D eigenvalue weighted by molar-refractivity contribution is 6.07. The second-order valence-electron chi connectivity index (χ2n) is 15.9. The largest absolute Gasteiger partial charge is 0.310 e. The molecule has 54 heavy (non-hydrogen) atoms. The van der Waals surface area contributed by atoms with Crippen LogP contribution >= 0.6 is 0 Å². The second-order valence-corrected chi connectivity index (χ2v) is 15.9. The summed E-state index contributed by atoms with van der Waals surface area (Å²) >= 11 is 0. The van der Waals surface area contributed by atoms with Crippen LogP contribution in [0, 0.1) is 11.8 Å². The summed E-state index contributed by atoms with van der Waals surface area (Å²) in [7, 11) is 0. The van der Waals surface area contributed by atoms with Crippen LogP contribution in [0.2, 0.25) is 0 Å². The monoisotopic (exact) mass is 714 g/mol. The molecule has 0 aliphatic rings. The lowest BCUT2D eigenvalue weighted by molar-refractivity contribution is 0.586. The van der Waals surface area contributed by atoms with Gasteiger partial charge in [0.25, 0.3) is 0 Å². The molecule has 0 N–H and O–H groups in total. The standard InChI is InChI=1S/C52H62N2/c1-9-39-17-25-45(26-18-39)53(46-27-19-40(10-2)20-28-46)51-35-43(15-13-37(5)6)34-50-49(51)33-44(16-14-38(7)8)36-52(50)54(47-29-21-41(11-3)22-30-47)48-31-23-42(12-4)24-32-48/h17-38H,9-16H2,1-8H3. The predicted octanol–water partition coefficient (Wildman–Crippen LogP) is 15.2. The maximum Gasteiger partial charge on any atom is 0.0543 e. The van der Waals surface area contributed by atoms with E-state index < -0.39 is 0 Å². The van der Waals surface area contributed by atoms with Gasteiger partial charge in [0.05, 0.1) is 11.4 Å². The van der Waals surface area contributed by atoms with Crippen LogP contribution < -0.4 is 9.80 Å². The fraction of sp³-hybridized carbons (Fsp3) is 0.346. The molecule has 0 aromatic heterocycles. The minimum Gasteiger partial charge on any atom is -0.310 e. The van der Waals surface area contributed by atoms with E-state index in [9.17, 15) is 0 Å². The van der Waals surface area contributed by atoms with E-state index in [-0.39, 0.29) is 0 Å². The van der Waals surface area contributed by atoms with Crippen molar-refractivity contribution in [3.05, 3.63) is 155 Å². The molecule has 2 nitrogen and oxygen atoms in total. The molecule has 0 saturated carbocycles. The molecular formula is C52H62N2. The van der Waals surface area contributed by atoms with Crippen molar-refractivity contribution < 1.29 is 0 Å². The smallest absolute Gasteiger partial charge is 0.0543 e. The van der Waals surface area contributed by atoms with Gasteiger partial charge in [-0.2, -0.15) is 0 Å². The van der Waals surface area contributed by atoms with Crippen LogP contribution in [0.1, 0.15) is 102 Å². The minimum atomic E-state index is 0.618. The number of aryl methyl sites for hydroxylation is 6. The van der Waals surface area contributed by atoms with Crippen molar-refractivity contribution in [2.75, 3.05) is 9.80 Å². The van der Waals surface area contributed by atoms with Gasteiger partial charge in [0.1, 0.15) is 0 Å². The van der Waals surface area contributed by atoms with Crippen molar-refractivity contribution in [3.8, 4) is 0 Å². The van der Waals surface area contributed by atoms with Gasteiger partial charge in [0, 0.05) is 33.5 Å². The Hall–Kier alpha value is -4.82. The van der Waals surface area contributed by atoms with E-state index in [0.717, 1.165) is 51.4 Å². The zero-order chi connectivity index (χ0) is 38.2. The Morgan fingerprint density at radius 2 is 0.611 bits per heavy atom. The van der Waals surface area contributed by atoms with Crippen LogP contribution in [0.25, 0.3) is 10.8 Å². The van der Waals surface area contributed by atoms with Gasteiger partial charge >= 0.3 is 0 Å². The first-order valence-electron chi connectivity index (χ1n) is 20.8. The van der Waals surface area contributed by atoms with Crippen molar-refractivity contribution in [2.45, 2.75) is 107 Å². The molecule has 0 bridgehead atoms. The van der Waals surface area contributed by atoms with Gasteiger partial charge in [-0.25, -0.2) is 0 Å². The van der Waals surface area contributed by atoms with Gasteiger partial charge in [-0.05, 0) is 169 Å². The molecule has 0 radical (unpaired) electrons. The Morgan fingerprint density at radius 3 is 0.833 bits per heavy atom. The van der Waals surface area contributed by atoms with E-state index in [2.05, 4.69) is 187 Å². The molecule has 0 spiro atoms. The van der Waals surface area contributed by atoms with E-state index in [0.29, 0.717) is 11.8 Å². The van der Waals surface area contributed by atoms with E-state index in [1.807, 2.05) is 0 Å². The Balaban J connectivity index is 1.70. The highest BCUT2D eigenvalue weighted by Gasteiger charge is 2.23. The topological polar surface area (TPSA) is 6.48 Å². The third-order valence-electron chi connectivity index (χ3n) is 11.1. The van der Waals surface area contributed by atoms with Crippen LogP contribution in [0.15, 0.2) is 121 Å². The maximum absolute atomic E-state index is 2.52. The van der Waals surface area contributed by atoms with E-state index in [4.69, 9.17) is 0 Å². The van der Waals surface area contributed by atoms with Gasteiger partial charge in [-0.15, -0.1) is 0 Å². The summed E-state index contributed by atoms with van der Waals surface area (Å²) in [6.07, 6.45) is 8.44. The molecule has 0 unspecified atom stereocenters. The highest BCUT2D eigenvalue weighted by atomic mass is 15.2. The summed E-state index contributed by atoms with van der Waals surface area (Å²) in [4.78, 5) is 5.04. The average Bonchev–Trinajstić information content (AvgIpc) is 3.20. The van der Waals surface area contributed by atoms with Gasteiger partial charge in [0.2, 0.25) is 0 Å². The molecule has 0 fully saturated rings. The lowest BCUT2D eigenvalue weighted by Crippen LogP contribution is -2.14. The summed E-state index contributed by atoms with van der Waals surface area (Å²) in [5.41, 5.74) is 15.4. The quantitative estimate of drug-likeness (QED) is 0.0985. The summed E-state index contributed by atoms with van der Waals surface area (Å²) < 4.78 is 0. The number of benzene rings is 6. The van der Waals surface area contributed by atoms with Crippen LogP contribution in [0.3, 0.4) is 0 Å². The molecule has 6 aromatic rings. The zero-order valence-corrected chi connectivity index (χ0v) is 34.3. The van der Waals surface area contributed by atoms with Crippen molar-refractivity contribution >= 4 is 44.9 Å². The molecule has 0 aliphatic heterocycles. The normalized spacial score (nSPS) is 11.5. The minimum absolute atomic E-state index is 0.618. The van der Waals surface area contributed by atoms with E-state index in [1.54, 1.807) is 0 Å². The number of anilines is 6. The number of rotatable bonds is 16. The van der Waals surface area contributed by atoms with Crippen molar-refractivity contribution in [3.63, 3.8) is 0 Å². The van der Waals surface area contributed by atoms with E-state index >= 15 is 0 Å². The summed E-state index contributed by atoms with van der Waals surface area (Å²) in [6, 6.07) is 47.0. The highest BCUT2D eigenvalue weighted by Crippen LogP contribution is 2.46. The molecule has 280 valence electrons. The maximum atomic E-state index is 2.52. The van der Waals surface area contributed by atoms with Gasteiger partial charge < -0.3 is 9.80 Å². The number of fused-ring (bicyclic) bond motifs is 1. The molecule has 2 heteroatoms.